The van der Waals surface area contributed by atoms with Crippen LogP contribution in [0.15, 0.2) is 48.8 Å². The highest BCUT2D eigenvalue weighted by Crippen LogP contribution is 2.36. The molecule has 0 saturated heterocycles. The molecule has 0 aliphatic heterocycles. The maximum atomic E-state index is 12.3. The number of carbonyl (C=O) groups excluding carboxylic acids is 2. The first-order valence-electron chi connectivity index (χ1n) is 10.6. The molecule has 0 unspecified atom stereocenters. The average molecular weight is 451 g/mol. The van der Waals surface area contributed by atoms with E-state index in [-0.39, 0.29) is 36.6 Å². The monoisotopic (exact) mass is 450 g/mol. The number of halogens is 1. The summed E-state index contributed by atoms with van der Waals surface area (Å²) in [5.74, 6) is 0.0573. The van der Waals surface area contributed by atoms with E-state index in [4.69, 9.17) is 16.3 Å². The molecule has 2 N–H and O–H groups in total. The minimum absolute atomic E-state index is 0.100. The fraction of sp³-hybridized carbons (Fsp3) is 0.500. The number of Topliss-reactive ketones (excluding diaryl/α,β-unsaturated/α-hetero) is 1. The first kappa shape index (κ1) is 25.1. The molecule has 0 bridgehead atoms. The summed E-state index contributed by atoms with van der Waals surface area (Å²) in [7, 11) is 0. The van der Waals surface area contributed by atoms with E-state index in [1.54, 1.807) is 36.4 Å². The number of rotatable bonds is 12. The standard InChI is InChI=1S/C24H31ClO6/c1-17(26)30-14-6-4-2-3-5-7-21-22(24(29)15-23(21)28)13-10-19(27)16-31-20-11-8-18(25)9-12-20/h2,4,6,8-9,11-12,14,19,21-22,24,27,29H,3,5,7,10,13,15-16H2,1H3/b4-2+,14-6+/t19-,21-,22-,24-/m1/s1. The summed E-state index contributed by atoms with van der Waals surface area (Å²) >= 11 is 5.84. The van der Waals surface area contributed by atoms with Gasteiger partial charge in [-0.3, -0.25) is 9.59 Å². The Labute approximate surface area is 188 Å². The maximum Gasteiger partial charge on any atom is 0.307 e. The number of hydrogen-bond donors (Lipinski definition) is 2. The summed E-state index contributed by atoms with van der Waals surface area (Å²) in [6.07, 6.45) is 8.92. The average Bonchev–Trinajstić information content (AvgIpc) is 3.00. The van der Waals surface area contributed by atoms with Crippen molar-refractivity contribution in [3.05, 3.63) is 53.8 Å². The Kier molecular flexibility index (Phi) is 10.8. The number of aliphatic hydroxyl groups is 2. The second-order valence-electron chi connectivity index (χ2n) is 7.80. The van der Waals surface area contributed by atoms with Gasteiger partial charge < -0.3 is 19.7 Å². The fourth-order valence-electron chi connectivity index (χ4n) is 3.79. The van der Waals surface area contributed by atoms with Crippen LogP contribution in [0, 0.1) is 11.8 Å². The highest BCUT2D eigenvalue weighted by molar-refractivity contribution is 6.30. The number of ketones is 1. The number of allylic oxidation sites excluding steroid dienone is 3. The van der Waals surface area contributed by atoms with Gasteiger partial charge in [-0.15, -0.1) is 0 Å². The first-order valence-corrected chi connectivity index (χ1v) is 11.0. The molecule has 170 valence electrons. The van der Waals surface area contributed by atoms with Crippen LogP contribution in [0.1, 0.15) is 45.4 Å². The van der Waals surface area contributed by atoms with Crippen molar-refractivity contribution in [3.8, 4) is 5.75 Å². The third kappa shape index (κ3) is 9.25. The van der Waals surface area contributed by atoms with Gasteiger partial charge in [0.25, 0.3) is 0 Å². The van der Waals surface area contributed by atoms with Crippen molar-refractivity contribution in [2.75, 3.05) is 6.61 Å². The van der Waals surface area contributed by atoms with Crippen LogP contribution in [0.5, 0.6) is 5.75 Å². The lowest BCUT2D eigenvalue weighted by Crippen LogP contribution is -2.24. The third-order valence-corrected chi connectivity index (χ3v) is 5.62. The van der Waals surface area contributed by atoms with Crippen LogP contribution in [0.3, 0.4) is 0 Å². The lowest BCUT2D eigenvalue weighted by molar-refractivity contribution is -0.135. The topological polar surface area (TPSA) is 93.1 Å². The number of benzene rings is 1. The zero-order chi connectivity index (χ0) is 22.6. The molecule has 1 aliphatic rings. The van der Waals surface area contributed by atoms with Crippen LogP contribution in [0.4, 0.5) is 0 Å². The molecule has 1 fully saturated rings. The molecule has 0 aromatic heterocycles. The number of esters is 1. The van der Waals surface area contributed by atoms with Gasteiger partial charge in [0, 0.05) is 24.3 Å². The number of unbranched alkanes of at least 4 members (excludes halogenated alkanes) is 1. The summed E-state index contributed by atoms with van der Waals surface area (Å²) in [4.78, 5) is 23.0. The van der Waals surface area contributed by atoms with E-state index in [0.29, 0.717) is 30.0 Å². The Hall–Kier alpha value is -2.15. The van der Waals surface area contributed by atoms with Crippen LogP contribution in [-0.4, -0.2) is 40.8 Å². The van der Waals surface area contributed by atoms with Gasteiger partial charge in [-0.2, -0.15) is 0 Å². The van der Waals surface area contributed by atoms with E-state index < -0.39 is 12.2 Å². The lowest BCUT2D eigenvalue weighted by atomic mass is 9.85. The third-order valence-electron chi connectivity index (χ3n) is 5.37. The minimum atomic E-state index is -0.675. The van der Waals surface area contributed by atoms with Crippen molar-refractivity contribution >= 4 is 23.4 Å². The quantitative estimate of drug-likeness (QED) is 0.214. The molecule has 0 heterocycles. The second kappa shape index (κ2) is 13.3. The Morgan fingerprint density at radius 3 is 2.71 bits per heavy atom. The normalized spacial score (nSPS) is 22.3. The molecule has 1 aromatic rings. The van der Waals surface area contributed by atoms with E-state index in [9.17, 15) is 19.8 Å². The molecule has 6 nitrogen and oxygen atoms in total. The molecule has 0 spiro atoms. The van der Waals surface area contributed by atoms with Crippen LogP contribution < -0.4 is 4.74 Å². The molecule has 1 aromatic carbocycles. The predicted molar refractivity (Wildman–Crippen MR) is 119 cm³/mol. The lowest BCUT2D eigenvalue weighted by Gasteiger charge is -2.22. The number of ether oxygens (including phenoxy) is 2. The summed E-state index contributed by atoms with van der Waals surface area (Å²) in [6, 6.07) is 6.93. The van der Waals surface area contributed by atoms with Crippen molar-refractivity contribution in [2.45, 2.75) is 57.7 Å². The van der Waals surface area contributed by atoms with Crippen molar-refractivity contribution < 1.29 is 29.3 Å². The molecule has 31 heavy (non-hydrogen) atoms. The van der Waals surface area contributed by atoms with E-state index in [1.807, 2.05) is 6.08 Å². The van der Waals surface area contributed by atoms with E-state index in [2.05, 4.69) is 4.74 Å². The molecule has 0 radical (unpaired) electrons. The highest BCUT2D eigenvalue weighted by Gasteiger charge is 2.40. The molecule has 1 saturated carbocycles. The molecule has 7 heteroatoms. The van der Waals surface area contributed by atoms with Gasteiger partial charge in [0.1, 0.15) is 18.1 Å². The number of aliphatic hydroxyl groups excluding tert-OH is 2. The Balaban J connectivity index is 1.72. The Bertz CT molecular complexity index is 758. The summed E-state index contributed by atoms with van der Waals surface area (Å²) in [5, 5.41) is 21.2. The van der Waals surface area contributed by atoms with Crippen molar-refractivity contribution in [1.29, 1.82) is 0 Å². The van der Waals surface area contributed by atoms with E-state index >= 15 is 0 Å². The van der Waals surface area contributed by atoms with E-state index in [0.717, 1.165) is 12.8 Å². The zero-order valence-electron chi connectivity index (χ0n) is 17.8. The van der Waals surface area contributed by atoms with Crippen molar-refractivity contribution in [2.24, 2.45) is 11.8 Å². The van der Waals surface area contributed by atoms with Crippen LogP contribution in [-0.2, 0) is 14.3 Å². The Morgan fingerprint density at radius 2 is 2.00 bits per heavy atom. The van der Waals surface area contributed by atoms with Gasteiger partial charge in [0.05, 0.1) is 18.5 Å². The molecular weight excluding hydrogens is 420 g/mol. The second-order valence-corrected chi connectivity index (χ2v) is 8.24. The Morgan fingerprint density at radius 1 is 1.26 bits per heavy atom. The molecule has 1 aliphatic carbocycles. The van der Waals surface area contributed by atoms with Gasteiger partial charge in [0.15, 0.2) is 0 Å². The SMILES string of the molecule is CC(=O)O/C=C/C=C/CCC[C@H]1C(=O)C[C@@H](O)[C@@H]1CC[C@@H](O)COc1ccc(Cl)cc1. The van der Waals surface area contributed by atoms with Crippen molar-refractivity contribution in [3.63, 3.8) is 0 Å². The smallest absolute Gasteiger partial charge is 0.307 e. The number of hydrogen-bond acceptors (Lipinski definition) is 6. The summed E-state index contributed by atoms with van der Waals surface area (Å²) in [6.45, 7) is 1.48. The van der Waals surface area contributed by atoms with Gasteiger partial charge in [0.2, 0.25) is 0 Å². The van der Waals surface area contributed by atoms with Gasteiger partial charge in [-0.1, -0.05) is 23.8 Å². The van der Waals surface area contributed by atoms with E-state index in [1.165, 1.54) is 13.2 Å². The van der Waals surface area contributed by atoms with Gasteiger partial charge in [-0.05, 0) is 68.4 Å². The molecule has 4 atom stereocenters. The zero-order valence-corrected chi connectivity index (χ0v) is 18.5. The summed E-state index contributed by atoms with van der Waals surface area (Å²) < 4.78 is 10.3. The highest BCUT2D eigenvalue weighted by atomic mass is 35.5. The van der Waals surface area contributed by atoms with Crippen LogP contribution >= 0.6 is 11.6 Å². The van der Waals surface area contributed by atoms with Crippen LogP contribution in [0.25, 0.3) is 0 Å². The van der Waals surface area contributed by atoms with Gasteiger partial charge >= 0.3 is 5.97 Å². The predicted octanol–water partition coefficient (Wildman–Crippen LogP) is 4.23. The largest absolute Gasteiger partial charge is 0.491 e. The van der Waals surface area contributed by atoms with Crippen LogP contribution in [0.2, 0.25) is 5.02 Å². The minimum Gasteiger partial charge on any atom is -0.491 e. The number of carbonyl (C=O) groups is 2. The first-order chi connectivity index (χ1) is 14.9. The molecule has 0 amide bonds. The molecular formula is C24H31ClO6. The summed E-state index contributed by atoms with van der Waals surface area (Å²) in [5.41, 5.74) is 0. The van der Waals surface area contributed by atoms with Crippen molar-refractivity contribution in [1.82, 2.24) is 0 Å². The molecule has 2 rings (SSSR count). The fourth-order valence-corrected chi connectivity index (χ4v) is 3.91. The maximum absolute atomic E-state index is 12.3. The van der Waals surface area contributed by atoms with Gasteiger partial charge in [-0.25, -0.2) is 0 Å².